The van der Waals surface area contributed by atoms with E-state index in [9.17, 15) is 9.18 Å². The van der Waals surface area contributed by atoms with Crippen molar-refractivity contribution in [3.05, 3.63) is 52.4 Å². The van der Waals surface area contributed by atoms with Crippen molar-refractivity contribution < 1.29 is 9.18 Å². The van der Waals surface area contributed by atoms with E-state index in [1.54, 1.807) is 0 Å². The van der Waals surface area contributed by atoms with Gasteiger partial charge >= 0.3 is 0 Å². The molecule has 160 valence electrons. The first kappa shape index (κ1) is 20.9. The van der Waals surface area contributed by atoms with E-state index in [1.807, 2.05) is 6.20 Å². The third-order valence-corrected chi connectivity index (χ3v) is 6.41. The van der Waals surface area contributed by atoms with Gasteiger partial charge in [0.15, 0.2) is 0 Å². The van der Waals surface area contributed by atoms with Crippen LogP contribution in [0.15, 0.2) is 30.5 Å². The van der Waals surface area contributed by atoms with Crippen LogP contribution in [0.5, 0.6) is 0 Å². The summed E-state index contributed by atoms with van der Waals surface area (Å²) in [6, 6.07) is 6.70. The highest BCUT2D eigenvalue weighted by molar-refractivity contribution is 6.31. The number of halogens is 2. The molecular weight excluding hydrogens is 403 g/mol. The molecule has 30 heavy (non-hydrogen) atoms. The second-order valence-corrected chi connectivity index (χ2v) is 8.75. The molecule has 2 aliphatic rings. The maximum atomic E-state index is 13.3. The number of benzene rings is 1. The van der Waals surface area contributed by atoms with Gasteiger partial charge in [-0.1, -0.05) is 11.6 Å². The van der Waals surface area contributed by atoms with Crippen molar-refractivity contribution in [1.82, 2.24) is 10.3 Å². The Morgan fingerprint density at radius 2 is 1.83 bits per heavy atom. The maximum Gasteiger partial charge on any atom is 0.251 e. The number of hydrogen-bond donors (Lipinski definition) is 2. The average molecular weight is 431 g/mol. The van der Waals surface area contributed by atoms with Gasteiger partial charge in [-0.2, -0.15) is 0 Å². The topological polar surface area (TPSA) is 57.3 Å². The highest BCUT2D eigenvalue weighted by atomic mass is 35.5. The predicted molar refractivity (Wildman–Crippen MR) is 119 cm³/mol. The number of aromatic nitrogens is 1. The van der Waals surface area contributed by atoms with Crippen molar-refractivity contribution in [2.45, 2.75) is 57.5 Å². The van der Waals surface area contributed by atoms with Crippen molar-refractivity contribution in [3.8, 4) is 0 Å². The number of amides is 1. The SMILES string of the molecule is Cc1cnc(N[C@H]2CC[C@@H](NC(=O)c3ccc(F)c(Cl)c3)CC2)cc1N1CCCC1. The molecule has 2 heterocycles. The summed E-state index contributed by atoms with van der Waals surface area (Å²) in [7, 11) is 0. The zero-order valence-corrected chi connectivity index (χ0v) is 18.0. The molecule has 0 radical (unpaired) electrons. The molecule has 4 rings (SSSR count). The van der Waals surface area contributed by atoms with Crippen LogP contribution in [0.25, 0.3) is 0 Å². The molecule has 2 fully saturated rings. The lowest BCUT2D eigenvalue weighted by atomic mass is 9.91. The molecule has 0 unspecified atom stereocenters. The van der Waals surface area contributed by atoms with Gasteiger partial charge in [0, 0.05) is 48.7 Å². The van der Waals surface area contributed by atoms with Gasteiger partial charge in [-0.05, 0) is 69.2 Å². The number of nitrogens with zero attached hydrogens (tertiary/aromatic N) is 2. The molecule has 1 aromatic heterocycles. The summed E-state index contributed by atoms with van der Waals surface area (Å²) >= 11 is 5.79. The van der Waals surface area contributed by atoms with Gasteiger partial charge in [0.2, 0.25) is 0 Å². The summed E-state index contributed by atoms with van der Waals surface area (Å²) in [6.07, 6.45) is 8.17. The van der Waals surface area contributed by atoms with Crippen LogP contribution < -0.4 is 15.5 Å². The summed E-state index contributed by atoms with van der Waals surface area (Å²) in [5.41, 5.74) is 2.89. The standard InChI is InChI=1S/C23H28ClFN4O/c1-15-14-26-22(13-21(15)29-10-2-3-11-29)27-17-5-7-18(8-6-17)28-23(30)16-4-9-20(25)19(24)12-16/h4,9,12-14,17-18H,2-3,5-8,10-11H2,1H3,(H,26,27)(H,28,30)/t17-,18+. The molecule has 1 saturated heterocycles. The van der Waals surface area contributed by atoms with Crippen LogP contribution in [-0.4, -0.2) is 36.1 Å². The summed E-state index contributed by atoms with van der Waals surface area (Å²) in [5, 5.41) is 6.60. The third kappa shape index (κ3) is 4.86. The normalized spacial score (nSPS) is 21.5. The minimum Gasteiger partial charge on any atom is -0.371 e. The first-order chi connectivity index (χ1) is 14.5. The molecule has 1 saturated carbocycles. The number of nitrogens with one attached hydrogen (secondary N) is 2. The lowest BCUT2D eigenvalue weighted by Crippen LogP contribution is -2.40. The van der Waals surface area contributed by atoms with E-state index in [0.29, 0.717) is 11.6 Å². The molecule has 1 aliphatic heterocycles. The Hall–Kier alpha value is -2.34. The van der Waals surface area contributed by atoms with Crippen LogP contribution >= 0.6 is 11.6 Å². The van der Waals surface area contributed by atoms with Gasteiger partial charge in [0.1, 0.15) is 11.6 Å². The van der Waals surface area contributed by atoms with Gasteiger partial charge in [0.25, 0.3) is 5.91 Å². The molecule has 2 aromatic rings. The lowest BCUT2D eigenvalue weighted by molar-refractivity contribution is 0.0926. The number of anilines is 2. The van der Waals surface area contributed by atoms with Crippen LogP contribution in [0.4, 0.5) is 15.9 Å². The van der Waals surface area contributed by atoms with Gasteiger partial charge in [-0.3, -0.25) is 4.79 Å². The van der Waals surface area contributed by atoms with Crippen molar-refractivity contribution in [2.24, 2.45) is 0 Å². The molecule has 5 nitrogen and oxygen atoms in total. The Morgan fingerprint density at radius 3 is 2.53 bits per heavy atom. The summed E-state index contributed by atoms with van der Waals surface area (Å²) in [6.45, 7) is 4.36. The van der Waals surface area contributed by atoms with Crippen molar-refractivity contribution >= 4 is 29.0 Å². The highest BCUT2D eigenvalue weighted by Gasteiger charge is 2.24. The Morgan fingerprint density at radius 1 is 1.13 bits per heavy atom. The zero-order valence-electron chi connectivity index (χ0n) is 17.3. The van der Waals surface area contributed by atoms with Crippen molar-refractivity contribution in [2.75, 3.05) is 23.3 Å². The molecule has 0 atom stereocenters. The van der Waals surface area contributed by atoms with E-state index < -0.39 is 5.82 Å². The van der Waals surface area contributed by atoms with Crippen LogP contribution in [-0.2, 0) is 0 Å². The lowest BCUT2D eigenvalue weighted by Gasteiger charge is -2.30. The first-order valence-corrected chi connectivity index (χ1v) is 11.1. The van der Waals surface area contributed by atoms with E-state index in [0.717, 1.165) is 44.6 Å². The Bertz CT molecular complexity index is 908. The molecule has 1 aromatic carbocycles. The Balaban J connectivity index is 1.30. The molecule has 7 heteroatoms. The van der Waals surface area contributed by atoms with Gasteiger partial charge in [0.05, 0.1) is 5.02 Å². The number of pyridine rings is 1. The van der Waals surface area contributed by atoms with E-state index >= 15 is 0 Å². The quantitative estimate of drug-likeness (QED) is 0.705. The van der Waals surface area contributed by atoms with E-state index in [2.05, 4.69) is 33.5 Å². The summed E-state index contributed by atoms with van der Waals surface area (Å²) in [5.74, 6) is 0.206. The summed E-state index contributed by atoms with van der Waals surface area (Å²) in [4.78, 5) is 19.4. The molecule has 1 amide bonds. The fraction of sp³-hybridized carbons (Fsp3) is 0.478. The smallest absolute Gasteiger partial charge is 0.251 e. The number of hydrogen-bond acceptors (Lipinski definition) is 4. The molecule has 2 N–H and O–H groups in total. The van der Waals surface area contributed by atoms with Gasteiger partial charge < -0.3 is 15.5 Å². The molecule has 1 aliphatic carbocycles. The number of aryl methyl sites for hydroxylation is 1. The van der Waals surface area contributed by atoms with Crippen molar-refractivity contribution in [3.63, 3.8) is 0 Å². The summed E-state index contributed by atoms with van der Waals surface area (Å²) < 4.78 is 13.3. The van der Waals surface area contributed by atoms with E-state index in [4.69, 9.17) is 11.6 Å². The van der Waals surface area contributed by atoms with Crippen molar-refractivity contribution in [1.29, 1.82) is 0 Å². The second kappa shape index (κ2) is 9.21. The van der Waals surface area contributed by atoms with Crippen LogP contribution in [0.3, 0.4) is 0 Å². The van der Waals surface area contributed by atoms with Gasteiger partial charge in [-0.15, -0.1) is 0 Å². The van der Waals surface area contributed by atoms with Crippen LogP contribution in [0, 0.1) is 12.7 Å². The number of rotatable bonds is 5. The third-order valence-electron chi connectivity index (χ3n) is 6.12. The fourth-order valence-electron chi connectivity index (χ4n) is 4.39. The largest absolute Gasteiger partial charge is 0.371 e. The second-order valence-electron chi connectivity index (χ2n) is 8.35. The van der Waals surface area contributed by atoms with Gasteiger partial charge in [-0.25, -0.2) is 9.37 Å². The zero-order chi connectivity index (χ0) is 21.1. The highest BCUT2D eigenvalue weighted by Crippen LogP contribution is 2.28. The molecule has 0 bridgehead atoms. The maximum absolute atomic E-state index is 13.3. The van der Waals surface area contributed by atoms with E-state index in [-0.39, 0.29) is 17.0 Å². The minimum atomic E-state index is -0.516. The van der Waals surface area contributed by atoms with Crippen LogP contribution in [0.1, 0.15) is 54.4 Å². The monoisotopic (exact) mass is 430 g/mol. The number of carbonyl (C=O) groups is 1. The fourth-order valence-corrected chi connectivity index (χ4v) is 4.57. The van der Waals surface area contributed by atoms with E-state index in [1.165, 1.54) is 42.3 Å². The minimum absolute atomic E-state index is 0.0329. The predicted octanol–water partition coefficient (Wildman–Crippen LogP) is 4.94. The Kier molecular flexibility index (Phi) is 6.42. The van der Waals surface area contributed by atoms with Crippen LogP contribution in [0.2, 0.25) is 5.02 Å². The average Bonchev–Trinajstić information content (AvgIpc) is 3.27. The first-order valence-electron chi connectivity index (χ1n) is 10.7. The Labute approximate surface area is 182 Å². The number of carbonyl (C=O) groups excluding carboxylic acids is 1. The molecule has 0 spiro atoms. The molecular formula is C23H28ClFN4O.